The topological polar surface area (TPSA) is 42.4 Å². The minimum atomic E-state index is 0.361. The second kappa shape index (κ2) is 3.29. The molecule has 0 bridgehead atoms. The van der Waals surface area contributed by atoms with E-state index in [1.54, 1.807) is 6.26 Å². The first-order chi connectivity index (χ1) is 5.84. The summed E-state index contributed by atoms with van der Waals surface area (Å²) in [6, 6.07) is 4.29. The molecule has 3 heteroatoms. The molecule has 2 N–H and O–H groups in total. The second-order valence-corrected chi connectivity index (χ2v) is 3.36. The van der Waals surface area contributed by atoms with E-state index in [9.17, 15) is 0 Å². The van der Waals surface area contributed by atoms with Crippen molar-refractivity contribution in [2.75, 3.05) is 13.1 Å². The molecule has 1 aromatic heterocycles. The molecule has 2 rings (SSSR count). The van der Waals surface area contributed by atoms with E-state index in [2.05, 4.69) is 4.90 Å². The van der Waals surface area contributed by atoms with Crippen LogP contribution in [0, 0.1) is 0 Å². The van der Waals surface area contributed by atoms with Crippen molar-refractivity contribution < 1.29 is 4.42 Å². The van der Waals surface area contributed by atoms with Gasteiger partial charge in [0.15, 0.2) is 0 Å². The molecule has 66 valence electrons. The molecule has 3 nitrogen and oxygen atoms in total. The lowest BCUT2D eigenvalue weighted by molar-refractivity contribution is 0.294. The zero-order chi connectivity index (χ0) is 8.39. The van der Waals surface area contributed by atoms with Crippen molar-refractivity contribution in [1.82, 2.24) is 4.90 Å². The van der Waals surface area contributed by atoms with Gasteiger partial charge in [-0.1, -0.05) is 0 Å². The number of nitrogens with zero attached hydrogens (tertiary/aromatic N) is 1. The molecule has 1 atom stereocenters. The molecular weight excluding hydrogens is 152 g/mol. The fourth-order valence-corrected chi connectivity index (χ4v) is 1.63. The molecule has 0 spiro atoms. The summed E-state index contributed by atoms with van der Waals surface area (Å²) in [5, 5.41) is 0. The fourth-order valence-electron chi connectivity index (χ4n) is 1.63. The lowest BCUT2D eigenvalue weighted by Crippen LogP contribution is -2.26. The van der Waals surface area contributed by atoms with Gasteiger partial charge in [0.1, 0.15) is 5.76 Å². The number of likely N-dealkylation sites (tertiary alicyclic amines) is 1. The minimum Gasteiger partial charge on any atom is -0.468 e. The van der Waals surface area contributed by atoms with E-state index in [-0.39, 0.29) is 0 Å². The maximum atomic E-state index is 5.78. The Labute approximate surface area is 72.1 Å². The largest absolute Gasteiger partial charge is 0.468 e. The van der Waals surface area contributed by atoms with Gasteiger partial charge >= 0.3 is 0 Å². The Kier molecular flexibility index (Phi) is 2.15. The van der Waals surface area contributed by atoms with Crippen LogP contribution >= 0.6 is 0 Å². The standard InChI is InChI=1S/C9H14N2O/c10-8-3-4-11(6-8)7-9-2-1-5-12-9/h1-2,5,8H,3-4,6-7,10H2/t8-/m1/s1. The van der Waals surface area contributed by atoms with E-state index in [1.807, 2.05) is 12.1 Å². The van der Waals surface area contributed by atoms with Crippen LogP contribution in [0.25, 0.3) is 0 Å². The third kappa shape index (κ3) is 1.68. The van der Waals surface area contributed by atoms with Gasteiger partial charge < -0.3 is 10.2 Å². The summed E-state index contributed by atoms with van der Waals surface area (Å²) in [6.07, 6.45) is 2.83. The second-order valence-electron chi connectivity index (χ2n) is 3.36. The average molecular weight is 166 g/mol. The van der Waals surface area contributed by atoms with Gasteiger partial charge in [-0.15, -0.1) is 0 Å². The number of hydrogen-bond donors (Lipinski definition) is 1. The molecule has 12 heavy (non-hydrogen) atoms. The molecule has 0 aromatic carbocycles. The maximum Gasteiger partial charge on any atom is 0.117 e. The van der Waals surface area contributed by atoms with E-state index in [0.29, 0.717) is 6.04 Å². The lowest BCUT2D eigenvalue weighted by atomic mass is 10.3. The molecule has 2 heterocycles. The third-order valence-corrected chi connectivity index (χ3v) is 2.27. The molecule has 0 aliphatic carbocycles. The minimum absolute atomic E-state index is 0.361. The highest BCUT2D eigenvalue weighted by Gasteiger charge is 2.19. The van der Waals surface area contributed by atoms with E-state index < -0.39 is 0 Å². The number of nitrogens with two attached hydrogens (primary N) is 1. The Bertz CT molecular complexity index is 233. The van der Waals surface area contributed by atoms with Crippen LogP contribution in [0.1, 0.15) is 12.2 Å². The summed E-state index contributed by atoms with van der Waals surface area (Å²) in [7, 11) is 0. The molecule has 1 aromatic rings. The van der Waals surface area contributed by atoms with Gasteiger partial charge in [0, 0.05) is 19.1 Å². The summed E-state index contributed by atoms with van der Waals surface area (Å²) in [5.74, 6) is 1.03. The first kappa shape index (κ1) is 7.83. The zero-order valence-corrected chi connectivity index (χ0v) is 7.07. The molecule has 1 fully saturated rings. The molecule has 0 saturated carbocycles. The smallest absolute Gasteiger partial charge is 0.117 e. The van der Waals surface area contributed by atoms with Crippen molar-refractivity contribution in [1.29, 1.82) is 0 Å². The first-order valence-corrected chi connectivity index (χ1v) is 4.35. The summed E-state index contributed by atoms with van der Waals surface area (Å²) in [5.41, 5.74) is 5.78. The number of furan rings is 1. The van der Waals surface area contributed by atoms with Crippen molar-refractivity contribution in [2.24, 2.45) is 5.73 Å². The Morgan fingerprint density at radius 1 is 1.67 bits per heavy atom. The predicted molar refractivity (Wildman–Crippen MR) is 46.6 cm³/mol. The SMILES string of the molecule is N[C@@H]1CCN(Cc2ccco2)C1. The van der Waals surface area contributed by atoms with Gasteiger partial charge in [-0.2, -0.15) is 0 Å². The Morgan fingerprint density at radius 2 is 2.58 bits per heavy atom. The van der Waals surface area contributed by atoms with E-state index in [4.69, 9.17) is 10.2 Å². The first-order valence-electron chi connectivity index (χ1n) is 4.35. The predicted octanol–water partition coefficient (Wildman–Crippen LogP) is 0.813. The van der Waals surface area contributed by atoms with Crippen molar-refractivity contribution >= 4 is 0 Å². The van der Waals surface area contributed by atoms with E-state index >= 15 is 0 Å². The average Bonchev–Trinajstić information content (AvgIpc) is 2.63. The molecule has 0 amide bonds. The fraction of sp³-hybridized carbons (Fsp3) is 0.556. The van der Waals surface area contributed by atoms with Crippen molar-refractivity contribution in [3.8, 4) is 0 Å². The van der Waals surface area contributed by atoms with E-state index in [0.717, 1.165) is 31.8 Å². The number of rotatable bonds is 2. The zero-order valence-electron chi connectivity index (χ0n) is 7.07. The van der Waals surface area contributed by atoms with Crippen molar-refractivity contribution in [3.05, 3.63) is 24.2 Å². The highest BCUT2D eigenvalue weighted by atomic mass is 16.3. The van der Waals surface area contributed by atoms with Crippen LogP contribution in [0.4, 0.5) is 0 Å². The monoisotopic (exact) mass is 166 g/mol. The Balaban J connectivity index is 1.88. The highest BCUT2D eigenvalue weighted by molar-refractivity contribution is 4.98. The van der Waals surface area contributed by atoms with Gasteiger partial charge in [0.05, 0.1) is 12.8 Å². The maximum absolute atomic E-state index is 5.78. The Hall–Kier alpha value is -0.800. The summed E-state index contributed by atoms with van der Waals surface area (Å²) in [4.78, 5) is 2.32. The highest BCUT2D eigenvalue weighted by Crippen LogP contribution is 2.11. The van der Waals surface area contributed by atoms with Crippen LogP contribution in [0.2, 0.25) is 0 Å². The lowest BCUT2D eigenvalue weighted by Gasteiger charge is -2.12. The summed E-state index contributed by atoms with van der Waals surface area (Å²) in [6.45, 7) is 3.00. The van der Waals surface area contributed by atoms with Crippen molar-refractivity contribution in [2.45, 2.75) is 19.0 Å². The van der Waals surface area contributed by atoms with Crippen LogP contribution in [0.3, 0.4) is 0 Å². The molecular formula is C9H14N2O. The summed E-state index contributed by atoms with van der Waals surface area (Å²) >= 11 is 0. The third-order valence-electron chi connectivity index (χ3n) is 2.27. The van der Waals surface area contributed by atoms with E-state index in [1.165, 1.54) is 0 Å². The quantitative estimate of drug-likeness (QED) is 0.707. The van der Waals surface area contributed by atoms with Gasteiger partial charge in [0.2, 0.25) is 0 Å². The molecule has 1 aliphatic heterocycles. The number of hydrogen-bond acceptors (Lipinski definition) is 3. The molecule has 1 saturated heterocycles. The summed E-state index contributed by atoms with van der Waals surface area (Å²) < 4.78 is 5.25. The van der Waals surface area contributed by atoms with Gasteiger partial charge in [0.25, 0.3) is 0 Å². The van der Waals surface area contributed by atoms with Crippen LogP contribution < -0.4 is 5.73 Å². The van der Waals surface area contributed by atoms with Crippen LogP contribution in [0.15, 0.2) is 22.8 Å². The van der Waals surface area contributed by atoms with Crippen LogP contribution in [0.5, 0.6) is 0 Å². The van der Waals surface area contributed by atoms with Gasteiger partial charge in [-0.25, -0.2) is 0 Å². The normalized spacial score (nSPS) is 24.9. The van der Waals surface area contributed by atoms with Crippen LogP contribution in [-0.2, 0) is 6.54 Å². The molecule has 0 radical (unpaired) electrons. The Morgan fingerprint density at radius 3 is 3.17 bits per heavy atom. The van der Waals surface area contributed by atoms with Gasteiger partial charge in [-0.3, -0.25) is 4.90 Å². The van der Waals surface area contributed by atoms with Crippen LogP contribution in [-0.4, -0.2) is 24.0 Å². The van der Waals surface area contributed by atoms with Gasteiger partial charge in [-0.05, 0) is 18.6 Å². The molecule has 0 unspecified atom stereocenters. The van der Waals surface area contributed by atoms with Crippen molar-refractivity contribution in [3.63, 3.8) is 0 Å². The molecule has 1 aliphatic rings.